The van der Waals surface area contributed by atoms with Crippen molar-refractivity contribution in [1.29, 1.82) is 5.26 Å². The van der Waals surface area contributed by atoms with Crippen molar-refractivity contribution in [2.24, 2.45) is 0 Å². The van der Waals surface area contributed by atoms with Gasteiger partial charge in [-0.25, -0.2) is 36.5 Å². The van der Waals surface area contributed by atoms with Gasteiger partial charge < -0.3 is 9.72 Å². The third kappa shape index (κ3) is 4.00. The lowest BCUT2D eigenvalue weighted by atomic mass is 10.0. The molecule has 186 valence electrons. The summed E-state index contributed by atoms with van der Waals surface area (Å²) in [6, 6.07) is 5.52. The second-order valence-electron chi connectivity index (χ2n) is 7.55. The van der Waals surface area contributed by atoms with Gasteiger partial charge in [0.2, 0.25) is 5.88 Å². The van der Waals surface area contributed by atoms with Crippen LogP contribution in [0.25, 0.3) is 28.3 Å². The Morgan fingerprint density at radius 3 is 2.62 bits per heavy atom. The van der Waals surface area contributed by atoms with Crippen molar-refractivity contribution in [1.82, 2.24) is 24.3 Å². The first kappa shape index (κ1) is 23.8. The first-order chi connectivity index (χ1) is 17.7. The van der Waals surface area contributed by atoms with E-state index >= 15 is 8.78 Å². The number of fused-ring (bicyclic) bond motifs is 1. The first-order valence-electron chi connectivity index (χ1n) is 10.4. The molecular formula is C23H14F3N7O3S. The molecule has 5 rings (SSSR count). The maximum Gasteiger partial charge on any atom is 0.267 e. The summed E-state index contributed by atoms with van der Waals surface area (Å²) in [6.45, 7) is 0. The van der Waals surface area contributed by atoms with Gasteiger partial charge in [0, 0.05) is 30.4 Å². The third-order valence-corrected chi connectivity index (χ3v) is 6.75. The van der Waals surface area contributed by atoms with E-state index in [-0.39, 0.29) is 22.8 Å². The van der Waals surface area contributed by atoms with E-state index < -0.39 is 49.2 Å². The van der Waals surface area contributed by atoms with Gasteiger partial charge in [0.25, 0.3) is 10.0 Å². The second kappa shape index (κ2) is 8.95. The monoisotopic (exact) mass is 525 g/mol. The molecule has 0 aliphatic carbocycles. The molecule has 10 nitrogen and oxygen atoms in total. The number of hydrogen-bond acceptors (Lipinski definition) is 7. The molecule has 4 heterocycles. The Bertz CT molecular complexity index is 1810. The number of rotatable bonds is 6. The van der Waals surface area contributed by atoms with Crippen LogP contribution in [0, 0.1) is 28.8 Å². The van der Waals surface area contributed by atoms with Crippen LogP contribution in [0.1, 0.15) is 5.56 Å². The molecule has 0 spiro atoms. The van der Waals surface area contributed by atoms with E-state index in [2.05, 4.69) is 19.9 Å². The minimum Gasteiger partial charge on any atom is -0.480 e. The standard InChI is InChI=1S/C23H14F3N7O3S/c1-36-23-17(8-12(9-27)10-31-23)37(34,35)32-15-3-2-14(24)18(20(15)26)13-4-7-33-16(19(13)25)11-30-22(33)21-28-5-6-29-21/h2-8,10-11,32H,1H3,(H,28,29). The number of nitriles is 1. The van der Waals surface area contributed by atoms with Crippen LogP contribution in [0.3, 0.4) is 0 Å². The highest BCUT2D eigenvalue weighted by molar-refractivity contribution is 7.92. The van der Waals surface area contributed by atoms with Crippen LogP contribution in [-0.4, -0.2) is 39.9 Å². The van der Waals surface area contributed by atoms with Crippen molar-refractivity contribution in [3.63, 3.8) is 0 Å². The van der Waals surface area contributed by atoms with Crippen molar-refractivity contribution in [3.8, 4) is 34.7 Å². The molecule has 0 atom stereocenters. The van der Waals surface area contributed by atoms with Gasteiger partial charge >= 0.3 is 0 Å². The van der Waals surface area contributed by atoms with Crippen LogP contribution in [0.2, 0.25) is 0 Å². The van der Waals surface area contributed by atoms with Crippen LogP contribution >= 0.6 is 0 Å². The summed E-state index contributed by atoms with van der Waals surface area (Å²) in [6.07, 6.45) is 6.68. The average Bonchev–Trinajstić information content (AvgIpc) is 3.57. The number of methoxy groups -OCH3 is 1. The van der Waals surface area contributed by atoms with Crippen molar-refractivity contribution in [3.05, 3.63) is 78.3 Å². The van der Waals surface area contributed by atoms with E-state index in [0.717, 1.165) is 37.6 Å². The van der Waals surface area contributed by atoms with Crippen molar-refractivity contribution in [2.75, 3.05) is 11.8 Å². The minimum atomic E-state index is -4.56. The molecule has 0 saturated carbocycles. The molecule has 0 fully saturated rings. The number of halogens is 3. The topological polar surface area (TPSA) is 138 Å². The van der Waals surface area contributed by atoms with Crippen LogP contribution < -0.4 is 9.46 Å². The maximum atomic E-state index is 15.5. The molecule has 0 bridgehead atoms. The highest BCUT2D eigenvalue weighted by Crippen LogP contribution is 2.35. The van der Waals surface area contributed by atoms with Gasteiger partial charge in [0.05, 0.1) is 30.1 Å². The fourth-order valence-electron chi connectivity index (χ4n) is 3.71. The van der Waals surface area contributed by atoms with Gasteiger partial charge in [-0.1, -0.05) is 0 Å². The Balaban J connectivity index is 1.60. The van der Waals surface area contributed by atoms with Crippen molar-refractivity contribution < 1.29 is 26.3 Å². The molecule has 0 saturated heterocycles. The summed E-state index contributed by atoms with van der Waals surface area (Å²) < 4.78 is 80.1. The number of pyridine rings is 2. The van der Waals surface area contributed by atoms with Gasteiger partial charge in [-0.15, -0.1) is 0 Å². The number of ether oxygens (including phenoxy) is 1. The molecule has 0 aliphatic rings. The smallest absolute Gasteiger partial charge is 0.267 e. The molecule has 4 aromatic heterocycles. The molecule has 0 aliphatic heterocycles. The number of aromatic nitrogens is 5. The zero-order chi connectivity index (χ0) is 26.3. The number of H-pyrrole nitrogens is 1. The fourth-order valence-corrected chi connectivity index (χ4v) is 4.91. The zero-order valence-corrected chi connectivity index (χ0v) is 19.5. The zero-order valence-electron chi connectivity index (χ0n) is 18.7. The summed E-state index contributed by atoms with van der Waals surface area (Å²) in [7, 11) is -3.40. The fraction of sp³-hybridized carbons (Fsp3) is 0.0435. The molecule has 37 heavy (non-hydrogen) atoms. The number of sulfonamides is 1. The maximum absolute atomic E-state index is 15.5. The number of nitrogens with zero attached hydrogens (tertiary/aromatic N) is 5. The average molecular weight is 525 g/mol. The Kier molecular flexibility index (Phi) is 5.76. The van der Waals surface area contributed by atoms with Crippen LogP contribution in [0.5, 0.6) is 5.88 Å². The molecule has 0 unspecified atom stereocenters. The van der Waals surface area contributed by atoms with Gasteiger partial charge in [0.15, 0.2) is 28.2 Å². The van der Waals surface area contributed by atoms with E-state index in [4.69, 9.17) is 10.00 Å². The summed E-state index contributed by atoms with van der Waals surface area (Å²) >= 11 is 0. The number of benzene rings is 1. The number of hydrogen-bond donors (Lipinski definition) is 2. The molecule has 0 amide bonds. The molecule has 0 radical (unpaired) electrons. The molecule has 5 aromatic rings. The molecule has 2 N–H and O–H groups in total. The third-order valence-electron chi connectivity index (χ3n) is 5.39. The lowest BCUT2D eigenvalue weighted by molar-refractivity contribution is 0.385. The highest BCUT2D eigenvalue weighted by atomic mass is 32.2. The lowest BCUT2D eigenvalue weighted by Gasteiger charge is -2.14. The lowest BCUT2D eigenvalue weighted by Crippen LogP contribution is -2.16. The minimum absolute atomic E-state index is 0.0854. The Morgan fingerprint density at radius 2 is 1.92 bits per heavy atom. The van der Waals surface area contributed by atoms with E-state index in [9.17, 15) is 12.8 Å². The highest BCUT2D eigenvalue weighted by Gasteiger charge is 2.26. The predicted molar refractivity (Wildman–Crippen MR) is 124 cm³/mol. The number of aromatic amines is 1. The number of nitrogens with one attached hydrogen (secondary N) is 2. The Morgan fingerprint density at radius 1 is 1.11 bits per heavy atom. The summed E-state index contributed by atoms with van der Waals surface area (Å²) in [5.41, 5.74) is -2.09. The SMILES string of the molecule is COc1ncc(C#N)cc1S(=O)(=O)Nc1ccc(F)c(-c2ccn3c(-c4ncc[nH]4)ncc3c2F)c1F. The molecule has 1 aromatic carbocycles. The second-order valence-corrected chi connectivity index (χ2v) is 9.20. The Hall–Kier alpha value is -4.90. The van der Waals surface area contributed by atoms with Crippen molar-refractivity contribution >= 4 is 21.2 Å². The van der Waals surface area contributed by atoms with Gasteiger partial charge in [-0.3, -0.25) is 9.12 Å². The number of anilines is 1. The molecular weight excluding hydrogens is 511 g/mol. The summed E-state index contributed by atoms with van der Waals surface area (Å²) in [5.74, 6) is -3.19. The molecule has 14 heteroatoms. The predicted octanol–water partition coefficient (Wildman–Crippen LogP) is 3.88. The van der Waals surface area contributed by atoms with Gasteiger partial charge in [-0.05, 0) is 24.3 Å². The van der Waals surface area contributed by atoms with E-state index in [0.29, 0.717) is 5.82 Å². The summed E-state index contributed by atoms with van der Waals surface area (Å²) in [4.78, 5) is 14.2. The first-order valence-corrected chi connectivity index (χ1v) is 11.8. The van der Waals surface area contributed by atoms with Crippen LogP contribution in [0.4, 0.5) is 18.9 Å². The summed E-state index contributed by atoms with van der Waals surface area (Å²) in [5, 5.41) is 9.08. The van der Waals surface area contributed by atoms with E-state index in [1.54, 1.807) is 12.3 Å². The Labute approximate surface area is 207 Å². The normalized spacial score (nSPS) is 11.4. The van der Waals surface area contributed by atoms with Crippen molar-refractivity contribution in [2.45, 2.75) is 4.90 Å². The largest absolute Gasteiger partial charge is 0.480 e. The van der Waals surface area contributed by atoms with E-state index in [1.165, 1.54) is 23.0 Å². The quantitative estimate of drug-likeness (QED) is 0.343. The van der Waals surface area contributed by atoms with Crippen LogP contribution in [0.15, 0.2) is 60.1 Å². The van der Waals surface area contributed by atoms with Gasteiger partial charge in [0.1, 0.15) is 17.4 Å². The van der Waals surface area contributed by atoms with Gasteiger partial charge in [-0.2, -0.15) is 5.26 Å². The number of imidazole rings is 2. The van der Waals surface area contributed by atoms with Crippen LogP contribution in [-0.2, 0) is 10.0 Å². The van der Waals surface area contributed by atoms with E-state index in [1.807, 2.05) is 4.72 Å².